The molecule has 1 unspecified atom stereocenters. The number of aliphatic carboxylic acids is 1. The number of unbranched alkanes of at least 4 members (excludes halogenated alkanes) is 10. The molecule has 0 saturated carbocycles. The van der Waals surface area contributed by atoms with E-state index < -0.39 is 12.1 Å². The van der Waals surface area contributed by atoms with Gasteiger partial charge in [-0.15, -0.1) is 0 Å². The highest BCUT2D eigenvalue weighted by Crippen LogP contribution is 2.11. The number of carboxylic acid groups (broad SMARTS) is 1. The molecule has 0 radical (unpaired) electrons. The predicted molar refractivity (Wildman–Crippen MR) is 84.1 cm³/mol. The molecule has 0 aliphatic rings. The van der Waals surface area contributed by atoms with Crippen LogP contribution in [0.5, 0.6) is 0 Å². The van der Waals surface area contributed by atoms with Gasteiger partial charge < -0.3 is 9.84 Å². The van der Waals surface area contributed by atoms with Crippen LogP contribution in [0.2, 0.25) is 0 Å². The van der Waals surface area contributed by atoms with Crippen LogP contribution in [0.1, 0.15) is 90.9 Å². The van der Waals surface area contributed by atoms with Gasteiger partial charge in [-0.05, 0) is 12.8 Å². The van der Waals surface area contributed by atoms with Crippen molar-refractivity contribution in [1.82, 2.24) is 0 Å². The first-order valence-corrected chi connectivity index (χ1v) is 8.56. The Hall–Kier alpha value is -0.570. The lowest BCUT2D eigenvalue weighted by Crippen LogP contribution is -2.23. The Morgan fingerprint density at radius 2 is 1.30 bits per heavy atom. The van der Waals surface area contributed by atoms with Crippen LogP contribution in [0.25, 0.3) is 0 Å². The van der Waals surface area contributed by atoms with E-state index in [0.29, 0.717) is 13.0 Å². The molecule has 0 saturated heterocycles. The second kappa shape index (κ2) is 14.8. The van der Waals surface area contributed by atoms with Gasteiger partial charge in [0.25, 0.3) is 0 Å². The molecule has 0 aliphatic heterocycles. The van der Waals surface area contributed by atoms with Gasteiger partial charge in [0.15, 0.2) is 6.10 Å². The fourth-order valence-corrected chi connectivity index (χ4v) is 2.36. The van der Waals surface area contributed by atoms with Crippen LogP contribution in [-0.2, 0) is 9.53 Å². The van der Waals surface area contributed by atoms with Crippen molar-refractivity contribution in [3.63, 3.8) is 0 Å². The first kappa shape index (κ1) is 19.4. The number of ether oxygens (including phenoxy) is 1. The predicted octanol–water partition coefficient (Wildman–Crippen LogP) is 5.18. The number of hydrogen-bond donors (Lipinski definition) is 1. The summed E-state index contributed by atoms with van der Waals surface area (Å²) in [5, 5.41) is 8.83. The molecule has 0 amide bonds. The van der Waals surface area contributed by atoms with Gasteiger partial charge in [-0.2, -0.15) is 0 Å². The molecule has 0 spiro atoms. The van der Waals surface area contributed by atoms with Crippen molar-refractivity contribution in [3.8, 4) is 0 Å². The van der Waals surface area contributed by atoms with Gasteiger partial charge in [0, 0.05) is 6.61 Å². The lowest BCUT2D eigenvalue weighted by atomic mass is 10.1. The van der Waals surface area contributed by atoms with Gasteiger partial charge in [0.1, 0.15) is 0 Å². The molecular formula is C17H34O3. The third-order valence-corrected chi connectivity index (χ3v) is 3.71. The number of hydrogen-bond acceptors (Lipinski definition) is 2. The highest BCUT2D eigenvalue weighted by Gasteiger charge is 2.14. The van der Waals surface area contributed by atoms with Gasteiger partial charge >= 0.3 is 5.97 Å². The molecule has 0 aromatic rings. The summed E-state index contributed by atoms with van der Waals surface area (Å²) in [6, 6.07) is 0. The fraction of sp³-hybridized carbons (Fsp3) is 0.941. The van der Waals surface area contributed by atoms with Crippen molar-refractivity contribution in [2.45, 2.75) is 97.0 Å². The van der Waals surface area contributed by atoms with Crippen LogP contribution >= 0.6 is 0 Å². The van der Waals surface area contributed by atoms with Crippen LogP contribution in [0.3, 0.4) is 0 Å². The van der Waals surface area contributed by atoms with E-state index in [4.69, 9.17) is 9.84 Å². The van der Waals surface area contributed by atoms with E-state index in [1.54, 1.807) is 0 Å². The summed E-state index contributed by atoms with van der Waals surface area (Å²) in [5.41, 5.74) is 0. The van der Waals surface area contributed by atoms with Gasteiger partial charge in [0.05, 0.1) is 0 Å². The van der Waals surface area contributed by atoms with E-state index in [-0.39, 0.29) is 0 Å². The Balaban J connectivity index is 3.15. The lowest BCUT2D eigenvalue weighted by molar-refractivity contribution is -0.150. The molecule has 0 fully saturated rings. The van der Waals surface area contributed by atoms with E-state index in [1.807, 2.05) is 6.92 Å². The Morgan fingerprint density at radius 3 is 1.70 bits per heavy atom. The number of carboxylic acids is 1. The third kappa shape index (κ3) is 12.5. The third-order valence-electron chi connectivity index (χ3n) is 3.71. The number of rotatable bonds is 15. The molecule has 0 bridgehead atoms. The Bertz CT molecular complexity index is 216. The second-order valence-electron chi connectivity index (χ2n) is 5.64. The summed E-state index contributed by atoms with van der Waals surface area (Å²) in [5.74, 6) is -0.837. The summed E-state index contributed by atoms with van der Waals surface area (Å²) in [6.07, 6.45) is 14.3. The summed E-state index contributed by atoms with van der Waals surface area (Å²) >= 11 is 0. The van der Waals surface area contributed by atoms with E-state index >= 15 is 0 Å². The van der Waals surface area contributed by atoms with Crippen LogP contribution in [0.15, 0.2) is 0 Å². The smallest absolute Gasteiger partial charge is 0.332 e. The first-order valence-electron chi connectivity index (χ1n) is 8.56. The molecule has 0 heterocycles. The Morgan fingerprint density at radius 1 is 0.850 bits per heavy atom. The van der Waals surface area contributed by atoms with Crippen molar-refractivity contribution in [3.05, 3.63) is 0 Å². The Labute approximate surface area is 125 Å². The van der Waals surface area contributed by atoms with E-state index in [0.717, 1.165) is 12.8 Å². The zero-order valence-electron chi connectivity index (χ0n) is 13.5. The second-order valence-corrected chi connectivity index (χ2v) is 5.64. The van der Waals surface area contributed by atoms with Crippen molar-refractivity contribution in [2.75, 3.05) is 6.61 Å². The molecular weight excluding hydrogens is 252 g/mol. The molecule has 0 aromatic heterocycles. The maximum absolute atomic E-state index is 10.7. The molecule has 3 nitrogen and oxygen atoms in total. The van der Waals surface area contributed by atoms with Crippen LogP contribution in [0.4, 0.5) is 0 Å². The average Bonchev–Trinajstić information content (AvgIpc) is 2.43. The minimum Gasteiger partial charge on any atom is -0.479 e. The molecule has 1 atom stereocenters. The van der Waals surface area contributed by atoms with Gasteiger partial charge in [-0.1, -0.05) is 78.1 Å². The quantitative estimate of drug-likeness (QED) is 0.422. The highest BCUT2D eigenvalue weighted by molar-refractivity contribution is 5.72. The SMILES string of the molecule is CCCCCCCCCCCCCOC(CC)C(=O)O. The maximum Gasteiger partial charge on any atom is 0.332 e. The fourth-order valence-electron chi connectivity index (χ4n) is 2.36. The number of carbonyl (C=O) groups is 1. The lowest BCUT2D eigenvalue weighted by Gasteiger charge is -2.10. The van der Waals surface area contributed by atoms with Crippen molar-refractivity contribution in [1.29, 1.82) is 0 Å². The van der Waals surface area contributed by atoms with Crippen LogP contribution < -0.4 is 0 Å². The van der Waals surface area contributed by atoms with Crippen LogP contribution in [-0.4, -0.2) is 23.8 Å². The molecule has 0 aliphatic carbocycles. The molecule has 120 valence electrons. The minimum atomic E-state index is -0.837. The monoisotopic (exact) mass is 286 g/mol. The van der Waals surface area contributed by atoms with E-state index in [1.165, 1.54) is 57.8 Å². The summed E-state index contributed by atoms with van der Waals surface area (Å²) in [7, 11) is 0. The first-order chi connectivity index (χ1) is 9.72. The van der Waals surface area contributed by atoms with Gasteiger partial charge in [-0.3, -0.25) is 0 Å². The maximum atomic E-state index is 10.7. The van der Waals surface area contributed by atoms with Gasteiger partial charge in [0.2, 0.25) is 0 Å². The van der Waals surface area contributed by atoms with Crippen molar-refractivity contribution in [2.24, 2.45) is 0 Å². The standard InChI is InChI=1S/C17H34O3/c1-3-5-6-7-8-9-10-11-12-13-14-15-20-16(4-2)17(18)19/h16H,3-15H2,1-2H3,(H,18,19). The largest absolute Gasteiger partial charge is 0.479 e. The van der Waals surface area contributed by atoms with Crippen molar-refractivity contribution >= 4 is 5.97 Å². The van der Waals surface area contributed by atoms with E-state index in [9.17, 15) is 4.79 Å². The normalized spacial score (nSPS) is 12.5. The summed E-state index contributed by atoms with van der Waals surface area (Å²) < 4.78 is 5.34. The summed E-state index contributed by atoms with van der Waals surface area (Å²) in [4.78, 5) is 10.7. The molecule has 0 rings (SSSR count). The zero-order chi connectivity index (χ0) is 15.1. The van der Waals surface area contributed by atoms with Crippen LogP contribution in [0, 0.1) is 0 Å². The molecule has 1 N–H and O–H groups in total. The average molecular weight is 286 g/mol. The minimum absolute atomic E-state index is 0.549. The topological polar surface area (TPSA) is 46.5 Å². The Kier molecular flexibility index (Phi) is 14.4. The molecule has 20 heavy (non-hydrogen) atoms. The van der Waals surface area contributed by atoms with E-state index in [2.05, 4.69) is 6.92 Å². The highest BCUT2D eigenvalue weighted by atomic mass is 16.5. The van der Waals surface area contributed by atoms with Crippen molar-refractivity contribution < 1.29 is 14.6 Å². The van der Waals surface area contributed by atoms with Gasteiger partial charge in [-0.25, -0.2) is 4.79 Å². The zero-order valence-corrected chi connectivity index (χ0v) is 13.5. The molecule has 3 heteroatoms. The summed E-state index contributed by atoms with van der Waals surface area (Å²) in [6.45, 7) is 4.68. The molecule has 0 aromatic carbocycles.